The Labute approximate surface area is 168 Å². The number of aryl methyl sites for hydroxylation is 1. The van der Waals surface area contributed by atoms with Crippen LogP contribution in [-0.4, -0.2) is 35.9 Å². The largest absolute Gasteiger partial charge is 0.497 e. The van der Waals surface area contributed by atoms with Gasteiger partial charge in [-0.2, -0.15) is 0 Å². The molecule has 4 rings (SSSR count). The lowest BCUT2D eigenvalue weighted by atomic mass is 10.2. The third-order valence-electron chi connectivity index (χ3n) is 4.77. The van der Waals surface area contributed by atoms with E-state index in [0.717, 1.165) is 39.7 Å². The van der Waals surface area contributed by atoms with Crippen LogP contribution in [0.1, 0.15) is 0 Å². The Morgan fingerprint density at radius 1 is 0.862 bits per heavy atom. The fourth-order valence-electron chi connectivity index (χ4n) is 3.22. The van der Waals surface area contributed by atoms with Crippen LogP contribution in [0.5, 0.6) is 17.2 Å². The summed E-state index contributed by atoms with van der Waals surface area (Å²) in [5.41, 5.74) is 3.66. The Hall–Kier alpha value is -3.74. The van der Waals surface area contributed by atoms with E-state index in [2.05, 4.69) is 10.3 Å². The summed E-state index contributed by atoms with van der Waals surface area (Å²) in [4.78, 5) is 9.24. The molecular weight excluding hydrogens is 368 g/mol. The van der Waals surface area contributed by atoms with E-state index in [1.165, 1.54) is 0 Å². The zero-order valence-corrected chi connectivity index (χ0v) is 16.8. The first-order valence-corrected chi connectivity index (χ1v) is 9.09. The number of ether oxygens (including phenoxy) is 3. The normalized spacial score (nSPS) is 10.8. The molecule has 0 unspecified atom stereocenters. The van der Waals surface area contributed by atoms with Crippen molar-refractivity contribution in [2.75, 3.05) is 26.6 Å². The first-order valence-electron chi connectivity index (χ1n) is 9.09. The number of nitrogens with zero attached hydrogens (tertiary/aromatic N) is 3. The highest BCUT2D eigenvalue weighted by atomic mass is 16.5. The van der Waals surface area contributed by atoms with E-state index in [1.54, 1.807) is 27.5 Å². The summed E-state index contributed by atoms with van der Waals surface area (Å²) in [5.74, 6) is 3.72. The molecule has 0 radical (unpaired) electrons. The highest BCUT2D eigenvalue weighted by Crippen LogP contribution is 2.33. The van der Waals surface area contributed by atoms with Crippen LogP contribution in [0.4, 0.5) is 11.5 Å². The maximum absolute atomic E-state index is 5.42. The summed E-state index contributed by atoms with van der Waals surface area (Å²) in [6.07, 6.45) is 1.77. The number of hydrogen-bond donors (Lipinski definition) is 1. The first-order chi connectivity index (χ1) is 14.1. The second-order valence-electron chi connectivity index (χ2n) is 6.48. The van der Waals surface area contributed by atoms with Crippen LogP contribution in [-0.2, 0) is 7.05 Å². The summed E-state index contributed by atoms with van der Waals surface area (Å²) < 4.78 is 18.0. The maximum Gasteiger partial charge on any atom is 0.161 e. The molecule has 0 saturated carbocycles. The highest BCUT2D eigenvalue weighted by molar-refractivity contribution is 5.83. The van der Waals surface area contributed by atoms with E-state index in [0.29, 0.717) is 11.5 Å². The van der Waals surface area contributed by atoms with Crippen LogP contribution in [0.3, 0.4) is 0 Å². The molecule has 0 spiro atoms. The van der Waals surface area contributed by atoms with Gasteiger partial charge in [0, 0.05) is 24.4 Å². The Morgan fingerprint density at radius 3 is 2.31 bits per heavy atom. The minimum atomic E-state index is 0.664. The van der Waals surface area contributed by atoms with Crippen molar-refractivity contribution in [2.24, 2.45) is 7.05 Å². The Kier molecular flexibility index (Phi) is 4.95. The summed E-state index contributed by atoms with van der Waals surface area (Å²) >= 11 is 0. The van der Waals surface area contributed by atoms with E-state index >= 15 is 0 Å². The van der Waals surface area contributed by atoms with E-state index in [4.69, 9.17) is 19.2 Å². The van der Waals surface area contributed by atoms with Gasteiger partial charge >= 0.3 is 0 Å². The fraction of sp³-hybridized carbons (Fsp3) is 0.182. The van der Waals surface area contributed by atoms with E-state index < -0.39 is 0 Å². The predicted molar refractivity (Wildman–Crippen MR) is 113 cm³/mol. The van der Waals surface area contributed by atoms with Crippen molar-refractivity contribution >= 4 is 22.5 Å². The number of methoxy groups -OCH3 is 3. The van der Waals surface area contributed by atoms with Crippen molar-refractivity contribution in [3.63, 3.8) is 0 Å². The number of imidazole rings is 1. The molecule has 148 valence electrons. The number of benzene rings is 2. The minimum Gasteiger partial charge on any atom is -0.497 e. The molecule has 0 saturated heterocycles. The molecule has 4 aromatic rings. The lowest BCUT2D eigenvalue weighted by Crippen LogP contribution is -1.96. The van der Waals surface area contributed by atoms with Gasteiger partial charge in [-0.3, -0.25) is 0 Å². The van der Waals surface area contributed by atoms with Crippen LogP contribution >= 0.6 is 0 Å². The van der Waals surface area contributed by atoms with Crippen molar-refractivity contribution in [1.29, 1.82) is 0 Å². The number of fused-ring (bicyclic) bond motifs is 1. The van der Waals surface area contributed by atoms with Gasteiger partial charge in [-0.1, -0.05) is 0 Å². The molecule has 2 aromatic heterocycles. The Bertz CT molecular complexity index is 1150. The number of anilines is 2. The van der Waals surface area contributed by atoms with Crippen molar-refractivity contribution in [1.82, 2.24) is 14.5 Å². The monoisotopic (exact) mass is 390 g/mol. The molecule has 29 heavy (non-hydrogen) atoms. The quantitative estimate of drug-likeness (QED) is 0.526. The van der Waals surface area contributed by atoms with Crippen LogP contribution < -0.4 is 19.5 Å². The van der Waals surface area contributed by atoms with Gasteiger partial charge in [-0.25, -0.2) is 9.97 Å². The summed E-state index contributed by atoms with van der Waals surface area (Å²) in [6.45, 7) is 0. The number of hydrogen-bond acceptors (Lipinski definition) is 6. The minimum absolute atomic E-state index is 0.664. The standard InChI is InChI=1S/C22H22N4O3/c1-26-18-12-21(24-15-6-8-16(27-2)9-7-15)23-13-17(18)25-22(26)14-5-10-19(28-3)20(11-14)29-4/h5-13H,1-4H3,(H,23,24). The summed E-state index contributed by atoms with van der Waals surface area (Å²) in [7, 11) is 6.88. The molecule has 7 heteroatoms. The first kappa shape index (κ1) is 18.6. The summed E-state index contributed by atoms with van der Waals surface area (Å²) in [5, 5.41) is 3.31. The van der Waals surface area contributed by atoms with Crippen molar-refractivity contribution in [2.45, 2.75) is 0 Å². The van der Waals surface area contributed by atoms with Gasteiger partial charge in [0.1, 0.15) is 22.9 Å². The smallest absolute Gasteiger partial charge is 0.161 e. The molecular formula is C22H22N4O3. The molecule has 0 atom stereocenters. The van der Waals surface area contributed by atoms with Crippen molar-refractivity contribution in [3.8, 4) is 28.6 Å². The average molecular weight is 390 g/mol. The third kappa shape index (κ3) is 3.54. The molecule has 0 aliphatic rings. The molecule has 0 aliphatic heterocycles. The van der Waals surface area contributed by atoms with Crippen molar-refractivity contribution < 1.29 is 14.2 Å². The van der Waals surface area contributed by atoms with Gasteiger partial charge in [0.25, 0.3) is 0 Å². The zero-order valence-electron chi connectivity index (χ0n) is 16.8. The molecule has 1 N–H and O–H groups in total. The van der Waals surface area contributed by atoms with Gasteiger partial charge in [0.2, 0.25) is 0 Å². The maximum atomic E-state index is 5.42. The van der Waals surface area contributed by atoms with Crippen LogP contribution in [0.15, 0.2) is 54.7 Å². The lowest BCUT2D eigenvalue weighted by molar-refractivity contribution is 0.355. The fourth-order valence-corrected chi connectivity index (χ4v) is 3.22. The average Bonchev–Trinajstić information content (AvgIpc) is 3.10. The van der Waals surface area contributed by atoms with Gasteiger partial charge in [0.15, 0.2) is 11.5 Å². The number of rotatable bonds is 6. The summed E-state index contributed by atoms with van der Waals surface area (Å²) in [6, 6.07) is 15.4. The van der Waals surface area contributed by atoms with Gasteiger partial charge in [-0.15, -0.1) is 0 Å². The van der Waals surface area contributed by atoms with E-state index in [9.17, 15) is 0 Å². The number of aromatic nitrogens is 3. The van der Waals surface area contributed by atoms with Crippen molar-refractivity contribution in [3.05, 3.63) is 54.7 Å². The van der Waals surface area contributed by atoms with E-state index in [-0.39, 0.29) is 0 Å². The van der Waals surface area contributed by atoms with Gasteiger partial charge < -0.3 is 24.1 Å². The highest BCUT2D eigenvalue weighted by Gasteiger charge is 2.14. The lowest BCUT2D eigenvalue weighted by Gasteiger charge is -2.10. The number of nitrogens with one attached hydrogen (secondary N) is 1. The molecule has 0 amide bonds. The third-order valence-corrected chi connectivity index (χ3v) is 4.77. The second kappa shape index (κ2) is 7.71. The topological polar surface area (TPSA) is 70.4 Å². The molecule has 2 heterocycles. The van der Waals surface area contributed by atoms with Gasteiger partial charge in [-0.05, 0) is 42.5 Å². The predicted octanol–water partition coefficient (Wildman–Crippen LogP) is 4.40. The molecule has 0 bridgehead atoms. The molecule has 0 aliphatic carbocycles. The van der Waals surface area contributed by atoms with Gasteiger partial charge in [0.05, 0.1) is 33.0 Å². The zero-order chi connectivity index (χ0) is 20.4. The van der Waals surface area contributed by atoms with E-state index in [1.807, 2.05) is 60.1 Å². The second-order valence-corrected chi connectivity index (χ2v) is 6.48. The SMILES string of the molecule is COc1ccc(Nc2cc3c(cn2)nc(-c2ccc(OC)c(OC)c2)n3C)cc1. The molecule has 2 aromatic carbocycles. The van der Waals surface area contributed by atoms with Crippen LogP contribution in [0, 0.1) is 0 Å². The van der Waals surface area contributed by atoms with Crippen LogP contribution in [0.2, 0.25) is 0 Å². The van der Waals surface area contributed by atoms with Crippen LogP contribution in [0.25, 0.3) is 22.4 Å². The molecule has 7 nitrogen and oxygen atoms in total. The Morgan fingerprint density at radius 2 is 1.62 bits per heavy atom. The molecule has 0 fully saturated rings. The number of pyridine rings is 1. The Balaban J connectivity index is 1.68.